The molecule has 41 heteroatoms. The van der Waals surface area contributed by atoms with Crippen LogP contribution >= 0.6 is 0 Å². The van der Waals surface area contributed by atoms with Crippen molar-refractivity contribution >= 4 is 106 Å². The number of esters is 2. The molecule has 0 N–H and O–H groups in total. The first-order chi connectivity index (χ1) is 62.0. The average molecular weight is 2010 g/mol. The zero-order valence-corrected chi connectivity index (χ0v) is 75.7. The highest BCUT2D eigenvalue weighted by Gasteiger charge is 2.69. The molecule has 2 aliphatic carbocycles. The summed E-state index contributed by atoms with van der Waals surface area (Å²) in [6.07, 6.45) is -0.861. The van der Waals surface area contributed by atoms with Gasteiger partial charge in [0.25, 0.3) is 0 Å². The lowest BCUT2D eigenvalue weighted by Gasteiger charge is -2.27. The Morgan fingerprint density at radius 1 is 0.333 bits per heavy atom. The number of hydrogen-bond donors (Lipinski definition) is 0. The van der Waals surface area contributed by atoms with Crippen LogP contribution < -0.4 is 18.9 Å². The summed E-state index contributed by atoms with van der Waals surface area (Å²) in [4.78, 5) is 35.8. The van der Waals surface area contributed by atoms with Gasteiger partial charge in [-0.1, -0.05) is 146 Å². The van der Waals surface area contributed by atoms with Crippen LogP contribution in [0.1, 0.15) is 39.0 Å². The van der Waals surface area contributed by atoms with Crippen LogP contribution in [0.15, 0.2) is 398 Å². The molecule has 0 spiro atoms. The standard InChI is InChI=1S/C25H25OS.C22H20F2O6S3.C21H14F4O5S2.C20H14F2O5S2.C3H4F4O3S/c1-3-7-22(8-4-1)27(23-9-5-2-6-10-23)24-15-13-21(14-16-24)26-25-18-19-11-12-20(25)17-19;23-22(24,33(27,28)29)32(25,26)17-7-16-30-18-12-14-21(15-13-18)31(19-8-3-1-4-9-19)20-10-5-2-6-11-20;22-20(21(23,24)25,32(27,28)29)19(26)30-15-11-13-18(14-12-15)31(16-7-3-1-4-8-16)17-9-5-2-6-10-17;21-20(22,29(24,25)26)19(23)27-15-11-13-18(14-12-15)28(16-7-3-1-4-8-16)17-9-5-2-6-10-17;1-2(4,5)3(6,7)11(8,9)10/h1-10,13-16,19-20,25H,11-12,17-18H2;1-6,8-15H,7,16-17H2;1-14H;1-14H;1H3,(H,8,9,10)/q+1;;;;/p-1. The molecule has 2 bridgehead atoms. The van der Waals surface area contributed by atoms with Gasteiger partial charge in [-0.3, -0.25) is 0 Å². The summed E-state index contributed by atoms with van der Waals surface area (Å²) >= 11 is 0. The van der Waals surface area contributed by atoms with E-state index in [1.807, 2.05) is 194 Å². The molecule has 2 aliphatic rings. The third kappa shape index (κ3) is 26.0. The Morgan fingerprint density at radius 2 is 0.606 bits per heavy atom. The molecule has 0 amide bonds. The minimum atomic E-state index is -6.75. The van der Waals surface area contributed by atoms with Gasteiger partial charge in [0.05, 0.1) is 55.9 Å². The van der Waals surface area contributed by atoms with E-state index in [-0.39, 0.29) is 41.1 Å². The third-order valence-electron chi connectivity index (χ3n) is 19.3. The fourth-order valence-electron chi connectivity index (χ4n) is 12.9. The molecule has 4 unspecified atom stereocenters. The maximum atomic E-state index is 14.0. The zero-order valence-electron chi connectivity index (χ0n) is 68.4. The van der Waals surface area contributed by atoms with Gasteiger partial charge < -0.3 is 37.2 Å². The maximum absolute atomic E-state index is 14.0. The molecule has 14 rings (SSSR count). The molecule has 132 heavy (non-hydrogen) atoms. The lowest BCUT2D eigenvalue weighted by molar-refractivity contribution is -0.209. The third-order valence-corrected chi connectivity index (χ3v) is 34.6. The molecule has 0 saturated heterocycles. The van der Waals surface area contributed by atoms with Crippen LogP contribution in [0.4, 0.5) is 52.7 Å². The summed E-state index contributed by atoms with van der Waals surface area (Å²) in [6, 6.07) is 106. The molecule has 0 aromatic heterocycles. The number of carbonyl (C=O) groups is 2. The number of sulfone groups is 1. The first-order valence-electron chi connectivity index (χ1n) is 38.9. The first-order valence-corrected chi connectivity index (χ1v) is 51.1. The van der Waals surface area contributed by atoms with Crippen LogP contribution in [-0.4, -0.2) is 123 Å². The fraction of sp³-hybridized carbons (Fsp3) is 0.187. The van der Waals surface area contributed by atoms with Gasteiger partial charge in [-0.25, -0.2) is 56.1 Å². The molecule has 20 nitrogen and oxygen atoms in total. The van der Waals surface area contributed by atoms with Crippen molar-refractivity contribution in [1.82, 2.24) is 0 Å². The Balaban J connectivity index is 0.000000176. The Morgan fingerprint density at radius 3 is 0.833 bits per heavy atom. The topological polar surface area (TPSA) is 334 Å². The van der Waals surface area contributed by atoms with E-state index >= 15 is 0 Å². The Kier molecular flexibility index (Phi) is 34.5. The van der Waals surface area contributed by atoms with E-state index in [2.05, 4.69) is 94.4 Å². The molecule has 0 aliphatic heterocycles. The lowest BCUT2D eigenvalue weighted by Crippen LogP contribution is -2.56. The van der Waals surface area contributed by atoms with Crippen LogP contribution in [0.25, 0.3) is 0 Å². The Hall–Kier alpha value is -10.7. The van der Waals surface area contributed by atoms with Gasteiger partial charge in [-0.15, -0.1) is 0 Å². The van der Waals surface area contributed by atoms with Crippen molar-refractivity contribution in [2.24, 2.45) is 11.8 Å². The summed E-state index contributed by atoms with van der Waals surface area (Å²) < 4.78 is 315. The van der Waals surface area contributed by atoms with Gasteiger partial charge >= 0.3 is 44.1 Å². The molecule has 4 atom stereocenters. The van der Waals surface area contributed by atoms with E-state index in [4.69, 9.17) is 9.47 Å². The predicted molar refractivity (Wildman–Crippen MR) is 465 cm³/mol. The van der Waals surface area contributed by atoms with E-state index in [0.717, 1.165) is 68.9 Å². The van der Waals surface area contributed by atoms with Crippen LogP contribution in [0.2, 0.25) is 0 Å². The molecular weight excluding hydrogens is 1930 g/mol. The summed E-state index contributed by atoms with van der Waals surface area (Å²) in [7, 11) is -32.6. The minimum Gasteiger partial charge on any atom is -0.745 e. The lowest BCUT2D eigenvalue weighted by atomic mass is 9.98. The van der Waals surface area contributed by atoms with Crippen molar-refractivity contribution in [3.05, 3.63) is 340 Å². The van der Waals surface area contributed by atoms with E-state index in [1.165, 1.54) is 64.6 Å². The number of halogens is 12. The molecule has 2 fully saturated rings. The highest BCUT2D eigenvalue weighted by Crippen LogP contribution is 2.47. The van der Waals surface area contributed by atoms with Gasteiger partial charge in [-0.05, 0) is 238 Å². The van der Waals surface area contributed by atoms with Crippen molar-refractivity contribution in [3.8, 4) is 23.0 Å². The van der Waals surface area contributed by atoms with Crippen molar-refractivity contribution < 1.29 is 142 Å². The molecule has 698 valence electrons. The quantitative estimate of drug-likeness (QED) is 0.0105. The van der Waals surface area contributed by atoms with Gasteiger partial charge in [0.1, 0.15) is 29.1 Å². The molecule has 12 aromatic carbocycles. The van der Waals surface area contributed by atoms with Crippen molar-refractivity contribution in [3.63, 3.8) is 0 Å². The van der Waals surface area contributed by atoms with Crippen LogP contribution in [0.5, 0.6) is 23.0 Å². The number of ether oxygens (including phenoxy) is 4. The normalized spacial score (nSPS) is 15.3. The second-order valence-corrected chi connectivity index (χ2v) is 44.8. The minimum absolute atomic E-state index is 0.0839. The van der Waals surface area contributed by atoms with Gasteiger partial charge in [0.15, 0.2) is 99.2 Å². The molecule has 0 radical (unpaired) electrons. The summed E-state index contributed by atoms with van der Waals surface area (Å²) in [5.41, 5.74) is 0. The summed E-state index contributed by atoms with van der Waals surface area (Å²) in [6.45, 7) is -0.598. The summed E-state index contributed by atoms with van der Waals surface area (Å²) in [5.74, 6) is -9.10. The second-order valence-electron chi connectivity index (χ2n) is 28.5. The van der Waals surface area contributed by atoms with Gasteiger partial charge in [0.2, 0.25) is 9.84 Å². The van der Waals surface area contributed by atoms with Crippen molar-refractivity contribution in [2.45, 2.75) is 136 Å². The van der Waals surface area contributed by atoms with Gasteiger partial charge in [-0.2, -0.15) is 48.3 Å². The average Bonchev–Trinajstić information content (AvgIpc) is 0.778. The highest BCUT2D eigenvalue weighted by atomic mass is 32.3. The van der Waals surface area contributed by atoms with Crippen molar-refractivity contribution in [2.75, 3.05) is 12.4 Å². The van der Waals surface area contributed by atoms with E-state index < -0.39 is 134 Å². The smallest absolute Gasteiger partial charge is 0.447 e. The monoisotopic (exact) mass is 2000 g/mol. The zero-order chi connectivity index (χ0) is 96.3. The van der Waals surface area contributed by atoms with Crippen LogP contribution in [-0.2, 0) is 103 Å². The SMILES string of the molecule is CC(F)(F)C(F)(F)S(=O)(=O)[O-].O=C(Oc1ccc([S+](c2ccccc2)c2ccccc2)cc1)C(F)(C(F)(F)F)S(=O)(=O)[O-].O=C(Oc1ccc([S+](c2ccccc2)c2ccccc2)cc1)C(F)(F)S(=O)(=O)[O-].O=S(=O)([O-])C(F)(F)S(=O)(=O)CCCOc1ccc([S+](c2ccccc2)c2ccccc2)cc1.c1ccc([S+](c2ccccc2)c2ccc(OC3CC4CCC3C4)cc2)cc1. The van der Waals surface area contributed by atoms with E-state index in [1.54, 1.807) is 24.3 Å². The Bertz CT molecular complexity index is 6240. The number of alkyl halides is 12. The van der Waals surface area contributed by atoms with Crippen LogP contribution in [0, 0.1) is 11.8 Å². The number of fused-ring (bicyclic) bond motifs is 2. The number of carbonyl (C=O) groups excluding carboxylic acids is 2. The fourth-order valence-corrected chi connectivity index (χ4v) is 24.7. The molecule has 0 heterocycles. The molecular formula is C91H76F12O20S9. The molecule has 12 aromatic rings. The summed E-state index contributed by atoms with van der Waals surface area (Å²) in [5, 5.41) is -16.4. The Labute approximate surface area is 764 Å². The van der Waals surface area contributed by atoms with E-state index in [9.17, 15) is 123 Å². The number of benzene rings is 12. The molecule has 2 saturated carbocycles. The first kappa shape index (κ1) is 103. The number of rotatable bonds is 29. The predicted octanol–water partition coefficient (Wildman–Crippen LogP) is 19.5. The largest absolute Gasteiger partial charge is 0.745 e. The highest BCUT2D eigenvalue weighted by molar-refractivity contribution is 8.07. The van der Waals surface area contributed by atoms with Crippen LogP contribution in [0.3, 0.4) is 0 Å². The maximum Gasteiger partial charge on any atom is 0.447 e. The van der Waals surface area contributed by atoms with Crippen molar-refractivity contribution in [1.29, 1.82) is 0 Å². The van der Waals surface area contributed by atoms with Gasteiger partial charge in [0, 0.05) is 6.92 Å². The second kappa shape index (κ2) is 44.0. The number of hydrogen-bond acceptors (Lipinski definition) is 20. The van der Waals surface area contributed by atoms with E-state index in [0.29, 0.717) is 16.7 Å².